The first-order valence-electron chi connectivity index (χ1n) is 4.87. The van der Waals surface area contributed by atoms with Crippen molar-refractivity contribution in [3.05, 3.63) is 35.6 Å². The lowest BCUT2D eigenvalue weighted by molar-refractivity contribution is 0.516. The number of benzene rings is 1. The third-order valence-corrected chi connectivity index (χ3v) is 2.52. The van der Waals surface area contributed by atoms with Gasteiger partial charge in [0, 0.05) is 18.7 Å². The Morgan fingerprint density at radius 1 is 1.29 bits per heavy atom. The highest BCUT2D eigenvalue weighted by Gasteiger charge is 2.16. The second-order valence-electron chi connectivity index (χ2n) is 3.55. The van der Waals surface area contributed by atoms with E-state index in [-0.39, 0.29) is 5.82 Å². The van der Waals surface area contributed by atoms with Gasteiger partial charge in [0.25, 0.3) is 0 Å². The molecule has 1 aliphatic rings. The van der Waals surface area contributed by atoms with Gasteiger partial charge in [0.15, 0.2) is 0 Å². The van der Waals surface area contributed by atoms with Crippen molar-refractivity contribution >= 4 is 5.84 Å². The lowest BCUT2D eigenvalue weighted by atomic mass is 10.2. The lowest BCUT2D eigenvalue weighted by Gasteiger charge is -2.18. The van der Waals surface area contributed by atoms with Crippen LogP contribution in [-0.4, -0.2) is 23.8 Å². The minimum absolute atomic E-state index is 0.272. The van der Waals surface area contributed by atoms with Crippen molar-refractivity contribution in [3.63, 3.8) is 0 Å². The van der Waals surface area contributed by atoms with E-state index in [9.17, 15) is 4.39 Å². The predicted molar refractivity (Wildman–Crippen MR) is 54.0 cm³/mol. The van der Waals surface area contributed by atoms with E-state index in [4.69, 9.17) is 5.41 Å². The second-order valence-corrected chi connectivity index (χ2v) is 3.55. The summed E-state index contributed by atoms with van der Waals surface area (Å²) in [5, 5.41) is 7.88. The van der Waals surface area contributed by atoms with Gasteiger partial charge in [-0.2, -0.15) is 0 Å². The number of hydrogen-bond donors (Lipinski definition) is 1. The molecule has 1 aromatic rings. The number of halogens is 1. The Bertz CT molecular complexity index is 343. The molecule has 0 aliphatic carbocycles. The minimum atomic E-state index is -0.272. The van der Waals surface area contributed by atoms with Crippen LogP contribution in [0, 0.1) is 11.2 Å². The van der Waals surface area contributed by atoms with Gasteiger partial charge in [-0.25, -0.2) is 4.39 Å². The topological polar surface area (TPSA) is 27.1 Å². The summed E-state index contributed by atoms with van der Waals surface area (Å²) in [7, 11) is 0. The Morgan fingerprint density at radius 2 is 2.00 bits per heavy atom. The van der Waals surface area contributed by atoms with E-state index in [1.807, 2.05) is 4.90 Å². The molecule has 1 aliphatic heterocycles. The minimum Gasteiger partial charge on any atom is -0.357 e. The van der Waals surface area contributed by atoms with Crippen molar-refractivity contribution in [3.8, 4) is 0 Å². The van der Waals surface area contributed by atoms with Crippen molar-refractivity contribution in [1.29, 1.82) is 5.41 Å². The molecule has 0 saturated carbocycles. The van der Waals surface area contributed by atoms with Gasteiger partial charge in [-0.15, -0.1) is 0 Å². The Hall–Kier alpha value is -1.38. The van der Waals surface area contributed by atoms with E-state index in [1.54, 1.807) is 12.1 Å². The Balaban J connectivity index is 2.17. The molecule has 0 atom stereocenters. The Morgan fingerprint density at radius 3 is 2.64 bits per heavy atom. The molecule has 0 spiro atoms. The highest BCUT2D eigenvalue weighted by Crippen LogP contribution is 2.13. The van der Waals surface area contributed by atoms with Crippen LogP contribution < -0.4 is 0 Å². The van der Waals surface area contributed by atoms with E-state index in [2.05, 4.69) is 0 Å². The first-order valence-corrected chi connectivity index (χ1v) is 4.87. The van der Waals surface area contributed by atoms with Crippen LogP contribution in [0.3, 0.4) is 0 Å². The van der Waals surface area contributed by atoms with E-state index in [0.29, 0.717) is 11.4 Å². The molecule has 1 heterocycles. The largest absolute Gasteiger partial charge is 0.357 e. The summed E-state index contributed by atoms with van der Waals surface area (Å²) in [4.78, 5) is 1.99. The number of rotatable bonds is 1. The number of likely N-dealkylation sites (tertiary alicyclic amines) is 1. The molecule has 0 radical (unpaired) electrons. The fourth-order valence-corrected chi connectivity index (χ4v) is 1.76. The molecule has 0 amide bonds. The quantitative estimate of drug-likeness (QED) is 0.536. The average molecular weight is 192 g/mol. The molecule has 0 unspecified atom stereocenters. The van der Waals surface area contributed by atoms with Crippen molar-refractivity contribution in [1.82, 2.24) is 4.90 Å². The molecule has 1 saturated heterocycles. The highest BCUT2D eigenvalue weighted by atomic mass is 19.1. The number of hydrogen-bond acceptors (Lipinski definition) is 1. The zero-order valence-electron chi connectivity index (χ0n) is 7.96. The fraction of sp³-hybridized carbons (Fsp3) is 0.364. The van der Waals surface area contributed by atoms with Crippen LogP contribution in [0.2, 0.25) is 0 Å². The Labute approximate surface area is 82.9 Å². The van der Waals surface area contributed by atoms with Gasteiger partial charge in [-0.1, -0.05) is 12.1 Å². The van der Waals surface area contributed by atoms with Crippen molar-refractivity contribution < 1.29 is 4.39 Å². The molecule has 2 rings (SSSR count). The van der Waals surface area contributed by atoms with Gasteiger partial charge in [0.05, 0.1) is 0 Å². The molecular weight excluding hydrogens is 179 g/mol. The molecule has 0 bridgehead atoms. The summed E-state index contributed by atoms with van der Waals surface area (Å²) in [6.07, 6.45) is 2.27. The van der Waals surface area contributed by atoms with Gasteiger partial charge in [-0.05, 0) is 25.0 Å². The molecule has 2 nitrogen and oxygen atoms in total. The van der Waals surface area contributed by atoms with Crippen LogP contribution >= 0.6 is 0 Å². The summed E-state index contributed by atoms with van der Waals surface area (Å²) in [6.45, 7) is 1.85. The second kappa shape index (κ2) is 3.78. The molecule has 14 heavy (non-hydrogen) atoms. The summed E-state index contributed by atoms with van der Waals surface area (Å²) in [5.41, 5.74) is 0.673. The summed E-state index contributed by atoms with van der Waals surface area (Å²) < 4.78 is 12.9. The van der Waals surface area contributed by atoms with Crippen molar-refractivity contribution in [2.75, 3.05) is 13.1 Å². The smallest absolute Gasteiger partial charge is 0.128 e. The third kappa shape index (κ3) is 1.76. The number of nitrogens with one attached hydrogen (secondary N) is 1. The molecule has 1 aromatic carbocycles. The molecule has 0 aromatic heterocycles. The van der Waals surface area contributed by atoms with Crippen molar-refractivity contribution in [2.24, 2.45) is 0 Å². The maximum absolute atomic E-state index is 12.9. The molecular formula is C11H13FN2. The van der Waals surface area contributed by atoms with Crippen molar-refractivity contribution in [2.45, 2.75) is 12.8 Å². The first-order chi connectivity index (χ1) is 6.77. The van der Waals surface area contributed by atoms with Crippen LogP contribution in [0.4, 0.5) is 4.39 Å². The maximum Gasteiger partial charge on any atom is 0.128 e. The number of amidine groups is 1. The van der Waals surface area contributed by atoms with Crippen LogP contribution in [-0.2, 0) is 0 Å². The molecule has 1 N–H and O–H groups in total. The van der Waals surface area contributed by atoms with Crippen LogP contribution in [0.15, 0.2) is 24.3 Å². The molecule has 74 valence electrons. The fourth-order valence-electron chi connectivity index (χ4n) is 1.76. The summed E-state index contributed by atoms with van der Waals surface area (Å²) in [6, 6.07) is 6.25. The molecule has 3 heteroatoms. The average Bonchev–Trinajstić information content (AvgIpc) is 2.69. The third-order valence-electron chi connectivity index (χ3n) is 2.52. The standard InChI is InChI=1S/C11H13FN2/c12-10-5-3-4-9(8-10)11(13)14-6-1-2-7-14/h3-5,8,13H,1-2,6-7H2. The Kier molecular flexibility index (Phi) is 2.48. The van der Waals surface area contributed by atoms with E-state index in [1.165, 1.54) is 12.1 Å². The predicted octanol–water partition coefficient (Wildman–Crippen LogP) is 2.25. The van der Waals surface area contributed by atoms with Crippen LogP contribution in [0.5, 0.6) is 0 Å². The van der Waals surface area contributed by atoms with Gasteiger partial charge < -0.3 is 4.90 Å². The monoisotopic (exact) mass is 192 g/mol. The van der Waals surface area contributed by atoms with E-state index >= 15 is 0 Å². The maximum atomic E-state index is 12.9. The SMILES string of the molecule is N=C(c1cccc(F)c1)N1CCCC1. The van der Waals surface area contributed by atoms with E-state index < -0.39 is 0 Å². The van der Waals surface area contributed by atoms with Gasteiger partial charge in [-0.3, -0.25) is 5.41 Å². The lowest BCUT2D eigenvalue weighted by Crippen LogP contribution is -2.27. The summed E-state index contributed by atoms with van der Waals surface area (Å²) >= 11 is 0. The number of nitrogens with zero attached hydrogens (tertiary/aromatic N) is 1. The van der Waals surface area contributed by atoms with Gasteiger partial charge in [0.2, 0.25) is 0 Å². The van der Waals surface area contributed by atoms with E-state index in [0.717, 1.165) is 25.9 Å². The van der Waals surface area contributed by atoms with Gasteiger partial charge >= 0.3 is 0 Å². The first kappa shape index (κ1) is 9.19. The highest BCUT2D eigenvalue weighted by molar-refractivity contribution is 5.96. The van der Waals surface area contributed by atoms with Crippen LogP contribution in [0.25, 0.3) is 0 Å². The van der Waals surface area contributed by atoms with Crippen LogP contribution in [0.1, 0.15) is 18.4 Å². The van der Waals surface area contributed by atoms with Gasteiger partial charge in [0.1, 0.15) is 11.7 Å². The normalized spacial score (nSPS) is 15.9. The summed E-state index contributed by atoms with van der Waals surface area (Å²) in [5.74, 6) is 0.174. The zero-order valence-corrected chi connectivity index (χ0v) is 7.96. The zero-order chi connectivity index (χ0) is 9.97. The molecule has 1 fully saturated rings.